The van der Waals surface area contributed by atoms with E-state index in [-0.39, 0.29) is 18.5 Å². The molecule has 1 aromatic rings. The minimum atomic E-state index is -0.403. The fraction of sp³-hybridized carbons (Fsp3) is 0.762. The van der Waals surface area contributed by atoms with Crippen LogP contribution < -0.4 is 0 Å². The zero-order valence-corrected chi connectivity index (χ0v) is 17.5. The Balaban J connectivity index is 1.59. The lowest BCUT2D eigenvalue weighted by Crippen LogP contribution is -2.66. The highest BCUT2D eigenvalue weighted by Crippen LogP contribution is 2.44. The first-order valence-corrected chi connectivity index (χ1v) is 10.7. The summed E-state index contributed by atoms with van der Waals surface area (Å²) in [6.45, 7) is 8.40. The number of hydrogen-bond donors (Lipinski definition) is 0. The van der Waals surface area contributed by atoms with Crippen LogP contribution in [0.3, 0.4) is 0 Å². The normalized spacial score (nSPS) is 28.5. The van der Waals surface area contributed by atoms with Gasteiger partial charge in [-0.25, -0.2) is 0 Å². The lowest BCUT2D eigenvalue weighted by molar-refractivity contribution is -0.161. The van der Waals surface area contributed by atoms with Crippen LogP contribution in [-0.2, 0) is 16.1 Å². The second-order valence-corrected chi connectivity index (χ2v) is 8.96. The van der Waals surface area contributed by atoms with Crippen LogP contribution in [0.4, 0.5) is 0 Å². The number of fused-ring (bicyclic) bond motifs is 1. The van der Waals surface area contributed by atoms with E-state index in [0.29, 0.717) is 5.91 Å². The predicted molar refractivity (Wildman–Crippen MR) is 107 cm³/mol. The SMILES string of the molecule is Cc1cc(C)n(CC(=O)N2CCC[C@@]3(C(=O)N4CCCC4)CCN(C)C[C@H]23)n1. The first-order chi connectivity index (χ1) is 13.4. The van der Waals surface area contributed by atoms with E-state index in [0.717, 1.165) is 76.2 Å². The van der Waals surface area contributed by atoms with Crippen LogP contribution in [0, 0.1) is 19.3 Å². The summed E-state index contributed by atoms with van der Waals surface area (Å²) < 4.78 is 1.79. The van der Waals surface area contributed by atoms with E-state index in [1.54, 1.807) is 4.68 Å². The molecule has 0 unspecified atom stereocenters. The Morgan fingerprint density at radius 1 is 1.11 bits per heavy atom. The summed E-state index contributed by atoms with van der Waals surface area (Å²) in [5, 5.41) is 4.46. The Bertz CT molecular complexity index is 754. The van der Waals surface area contributed by atoms with Crippen molar-refractivity contribution in [1.82, 2.24) is 24.5 Å². The second-order valence-electron chi connectivity index (χ2n) is 8.96. The maximum absolute atomic E-state index is 13.6. The number of aryl methyl sites for hydroxylation is 2. The molecule has 7 heteroatoms. The molecule has 0 saturated carbocycles. The third-order valence-corrected chi connectivity index (χ3v) is 6.99. The van der Waals surface area contributed by atoms with Gasteiger partial charge in [-0.05, 0) is 65.6 Å². The van der Waals surface area contributed by atoms with Crippen LogP contribution >= 0.6 is 0 Å². The minimum absolute atomic E-state index is 0.0300. The highest BCUT2D eigenvalue weighted by Gasteiger charge is 2.54. The molecule has 0 aromatic carbocycles. The third-order valence-electron chi connectivity index (χ3n) is 6.99. The maximum atomic E-state index is 13.6. The van der Waals surface area contributed by atoms with Gasteiger partial charge >= 0.3 is 0 Å². The molecule has 3 aliphatic rings. The van der Waals surface area contributed by atoms with Crippen molar-refractivity contribution in [3.63, 3.8) is 0 Å². The summed E-state index contributed by atoms with van der Waals surface area (Å²) in [6.07, 6.45) is 4.88. The largest absolute Gasteiger partial charge is 0.342 e. The standard InChI is InChI=1S/C21H33N5O2/c1-16-13-17(2)26(22-16)15-19(27)25-11-6-7-21(8-12-23(3)14-18(21)25)20(28)24-9-4-5-10-24/h13,18H,4-12,14-15H2,1-3H3/t18-,21+/m0/s1. The number of nitrogens with zero attached hydrogens (tertiary/aromatic N) is 5. The Morgan fingerprint density at radius 2 is 1.86 bits per heavy atom. The maximum Gasteiger partial charge on any atom is 0.244 e. The third kappa shape index (κ3) is 3.34. The highest BCUT2D eigenvalue weighted by atomic mass is 16.2. The summed E-state index contributed by atoms with van der Waals surface area (Å²) in [5.74, 6) is 0.386. The quantitative estimate of drug-likeness (QED) is 0.787. The average Bonchev–Trinajstić information content (AvgIpc) is 3.30. The predicted octanol–water partition coefficient (Wildman–Crippen LogP) is 1.44. The van der Waals surface area contributed by atoms with Crippen LogP contribution in [0.2, 0.25) is 0 Å². The molecule has 4 heterocycles. The van der Waals surface area contributed by atoms with Gasteiger partial charge in [-0.3, -0.25) is 14.3 Å². The van der Waals surface area contributed by atoms with Crippen molar-refractivity contribution in [2.45, 2.75) is 58.5 Å². The molecule has 0 aliphatic carbocycles. The van der Waals surface area contributed by atoms with Crippen molar-refractivity contribution in [3.8, 4) is 0 Å². The summed E-state index contributed by atoms with van der Waals surface area (Å²) >= 11 is 0. The number of carbonyl (C=O) groups is 2. The average molecular weight is 388 g/mol. The number of likely N-dealkylation sites (N-methyl/N-ethyl adjacent to an activating group) is 1. The molecule has 3 fully saturated rings. The smallest absolute Gasteiger partial charge is 0.244 e. The Morgan fingerprint density at radius 3 is 2.54 bits per heavy atom. The lowest BCUT2D eigenvalue weighted by atomic mass is 9.67. The zero-order valence-electron chi connectivity index (χ0n) is 17.5. The molecule has 0 radical (unpaired) electrons. The Labute approximate surface area is 167 Å². The van der Waals surface area contributed by atoms with Crippen molar-refractivity contribution in [1.29, 1.82) is 0 Å². The van der Waals surface area contributed by atoms with E-state index in [1.165, 1.54) is 0 Å². The fourth-order valence-electron chi connectivity index (χ4n) is 5.47. The number of rotatable bonds is 3. The van der Waals surface area contributed by atoms with Crippen LogP contribution in [0.15, 0.2) is 6.07 Å². The molecule has 28 heavy (non-hydrogen) atoms. The van der Waals surface area contributed by atoms with E-state index >= 15 is 0 Å². The molecule has 0 N–H and O–H groups in total. The van der Waals surface area contributed by atoms with Crippen molar-refractivity contribution in [2.24, 2.45) is 5.41 Å². The monoisotopic (exact) mass is 387 g/mol. The van der Waals surface area contributed by atoms with Gasteiger partial charge in [0, 0.05) is 31.9 Å². The van der Waals surface area contributed by atoms with Crippen LogP contribution in [0.5, 0.6) is 0 Å². The van der Waals surface area contributed by atoms with Crippen molar-refractivity contribution in [2.75, 3.05) is 39.8 Å². The summed E-state index contributed by atoms with van der Waals surface area (Å²) in [6, 6.07) is 1.97. The summed E-state index contributed by atoms with van der Waals surface area (Å²) in [7, 11) is 2.10. The summed E-state index contributed by atoms with van der Waals surface area (Å²) in [4.78, 5) is 33.2. The Kier molecular flexibility index (Phi) is 5.21. The van der Waals surface area contributed by atoms with E-state index < -0.39 is 5.41 Å². The first-order valence-electron chi connectivity index (χ1n) is 10.7. The van der Waals surface area contributed by atoms with Crippen LogP contribution in [0.25, 0.3) is 0 Å². The number of amides is 2. The number of aromatic nitrogens is 2. The van der Waals surface area contributed by atoms with Gasteiger partial charge in [0.2, 0.25) is 11.8 Å². The zero-order chi connectivity index (χ0) is 19.9. The number of piperidine rings is 2. The molecular weight excluding hydrogens is 354 g/mol. The molecule has 2 amide bonds. The molecule has 4 rings (SSSR count). The van der Waals surface area contributed by atoms with E-state index in [4.69, 9.17) is 0 Å². The van der Waals surface area contributed by atoms with Gasteiger partial charge in [0.25, 0.3) is 0 Å². The van der Waals surface area contributed by atoms with Gasteiger partial charge in [0.05, 0.1) is 17.2 Å². The Hall–Kier alpha value is -1.89. The van der Waals surface area contributed by atoms with Gasteiger partial charge in [0.1, 0.15) is 6.54 Å². The van der Waals surface area contributed by atoms with Crippen LogP contribution in [0.1, 0.15) is 43.5 Å². The molecule has 7 nitrogen and oxygen atoms in total. The second kappa shape index (κ2) is 7.50. The molecule has 3 saturated heterocycles. The topological polar surface area (TPSA) is 61.7 Å². The van der Waals surface area contributed by atoms with Crippen LogP contribution in [-0.4, -0.2) is 82.1 Å². The number of hydrogen-bond acceptors (Lipinski definition) is 4. The lowest BCUT2D eigenvalue weighted by Gasteiger charge is -2.54. The highest BCUT2D eigenvalue weighted by molar-refractivity contribution is 5.86. The molecule has 2 atom stereocenters. The fourth-order valence-corrected chi connectivity index (χ4v) is 5.47. The van der Waals surface area contributed by atoms with Gasteiger partial charge < -0.3 is 14.7 Å². The van der Waals surface area contributed by atoms with Crippen molar-refractivity contribution >= 4 is 11.8 Å². The molecule has 154 valence electrons. The number of likely N-dealkylation sites (tertiary alicyclic amines) is 3. The van der Waals surface area contributed by atoms with E-state index in [9.17, 15) is 9.59 Å². The molecule has 0 bridgehead atoms. The minimum Gasteiger partial charge on any atom is -0.342 e. The van der Waals surface area contributed by atoms with Gasteiger partial charge in [-0.2, -0.15) is 5.10 Å². The van der Waals surface area contributed by atoms with Gasteiger partial charge in [-0.1, -0.05) is 0 Å². The molecule has 0 spiro atoms. The summed E-state index contributed by atoms with van der Waals surface area (Å²) in [5.41, 5.74) is 1.53. The van der Waals surface area contributed by atoms with Gasteiger partial charge in [0.15, 0.2) is 0 Å². The van der Waals surface area contributed by atoms with Crippen molar-refractivity contribution < 1.29 is 9.59 Å². The van der Waals surface area contributed by atoms with E-state index in [2.05, 4.69) is 21.9 Å². The van der Waals surface area contributed by atoms with E-state index in [1.807, 2.05) is 24.8 Å². The molecular formula is C21H33N5O2. The first kappa shape index (κ1) is 19.4. The number of carbonyl (C=O) groups excluding carboxylic acids is 2. The van der Waals surface area contributed by atoms with Crippen molar-refractivity contribution in [3.05, 3.63) is 17.5 Å². The molecule has 3 aliphatic heterocycles. The van der Waals surface area contributed by atoms with Gasteiger partial charge in [-0.15, -0.1) is 0 Å². The molecule has 1 aromatic heterocycles.